The van der Waals surface area contributed by atoms with E-state index in [1.165, 1.54) is 0 Å². The van der Waals surface area contributed by atoms with Crippen molar-refractivity contribution in [3.05, 3.63) is 108 Å². The molecule has 0 spiro atoms. The molecule has 0 fully saturated rings. The molecule has 0 unspecified atom stereocenters. The standard InChI is InChI=1S/C20H16O2.Cs/c21-19(22)20(16-10-4-1-5-11-16,17-12-6-2-7-13-17)18-14-8-3-9-15-18;/h1-15H,(H,21,22);/q;+1/p-1. The van der Waals surface area contributed by atoms with Gasteiger partial charge in [-0.2, -0.15) is 0 Å². The molecule has 23 heavy (non-hydrogen) atoms. The Labute approximate surface area is 195 Å². The summed E-state index contributed by atoms with van der Waals surface area (Å²) in [6, 6.07) is 27.7. The maximum atomic E-state index is 12.3. The van der Waals surface area contributed by atoms with E-state index in [0.29, 0.717) is 16.7 Å². The Morgan fingerprint density at radius 2 is 0.870 bits per heavy atom. The number of carbonyl (C=O) groups excluding carboxylic acids is 1. The van der Waals surface area contributed by atoms with Gasteiger partial charge < -0.3 is 9.90 Å². The number of rotatable bonds is 4. The summed E-state index contributed by atoms with van der Waals surface area (Å²) in [5, 5.41) is 12.3. The number of hydrogen-bond donors (Lipinski definition) is 0. The van der Waals surface area contributed by atoms with Crippen molar-refractivity contribution in [3.63, 3.8) is 0 Å². The summed E-state index contributed by atoms with van der Waals surface area (Å²) in [4.78, 5) is 12.3. The summed E-state index contributed by atoms with van der Waals surface area (Å²) in [7, 11) is 0. The van der Waals surface area contributed by atoms with Crippen LogP contribution < -0.4 is 74.0 Å². The molecule has 0 saturated heterocycles. The van der Waals surface area contributed by atoms with Crippen molar-refractivity contribution in [3.8, 4) is 0 Å². The molecule has 0 aromatic heterocycles. The number of benzene rings is 3. The maximum Gasteiger partial charge on any atom is 1.00 e. The van der Waals surface area contributed by atoms with E-state index in [0.717, 1.165) is 0 Å². The van der Waals surface area contributed by atoms with E-state index in [1.807, 2.05) is 91.0 Å². The van der Waals surface area contributed by atoms with Crippen molar-refractivity contribution >= 4 is 5.97 Å². The van der Waals surface area contributed by atoms with Crippen molar-refractivity contribution in [2.75, 3.05) is 0 Å². The summed E-state index contributed by atoms with van der Waals surface area (Å²) in [6.45, 7) is 0. The Morgan fingerprint density at radius 3 is 1.09 bits per heavy atom. The average Bonchev–Trinajstić information content (AvgIpc) is 2.58. The molecule has 0 heterocycles. The van der Waals surface area contributed by atoms with Crippen LogP contribution in [0.15, 0.2) is 91.0 Å². The van der Waals surface area contributed by atoms with E-state index in [2.05, 4.69) is 0 Å². The summed E-state index contributed by atoms with van der Waals surface area (Å²) < 4.78 is 0. The molecule has 0 aliphatic heterocycles. The third-order valence-corrected chi connectivity index (χ3v) is 3.93. The maximum absolute atomic E-state index is 12.3. The van der Waals surface area contributed by atoms with Gasteiger partial charge in [0.1, 0.15) is 0 Å². The van der Waals surface area contributed by atoms with Gasteiger partial charge in [-0.05, 0) is 16.7 Å². The van der Waals surface area contributed by atoms with Crippen molar-refractivity contribution in [2.24, 2.45) is 0 Å². The Hall–Kier alpha value is -0.818. The molecule has 3 aromatic rings. The second-order valence-electron chi connectivity index (χ2n) is 5.14. The van der Waals surface area contributed by atoms with Crippen molar-refractivity contribution < 1.29 is 78.8 Å². The minimum Gasteiger partial charge on any atom is -0.548 e. The molecule has 0 atom stereocenters. The predicted molar refractivity (Wildman–Crippen MR) is 84.2 cm³/mol. The summed E-state index contributed by atoms with van der Waals surface area (Å²) in [5.41, 5.74) is 0.747. The second kappa shape index (κ2) is 8.33. The molecule has 0 amide bonds. The Morgan fingerprint density at radius 1 is 0.609 bits per heavy atom. The van der Waals surface area contributed by atoms with E-state index in [-0.39, 0.29) is 68.9 Å². The Bertz CT molecular complexity index is 659. The van der Waals surface area contributed by atoms with Gasteiger partial charge >= 0.3 is 68.9 Å². The number of carboxylic acids is 1. The molecular weight excluding hydrogens is 405 g/mol. The SMILES string of the molecule is O=C([O-])C(c1ccccc1)(c1ccccc1)c1ccccc1.[Cs+]. The van der Waals surface area contributed by atoms with Gasteiger partial charge in [-0.1, -0.05) is 91.0 Å². The van der Waals surface area contributed by atoms with Crippen LogP contribution in [0.4, 0.5) is 0 Å². The van der Waals surface area contributed by atoms with Crippen LogP contribution in [-0.2, 0) is 10.2 Å². The van der Waals surface area contributed by atoms with E-state index < -0.39 is 11.4 Å². The van der Waals surface area contributed by atoms with Gasteiger partial charge in [0.05, 0.1) is 11.4 Å². The fourth-order valence-electron chi connectivity index (χ4n) is 2.92. The molecule has 0 radical (unpaired) electrons. The normalized spacial score (nSPS) is 10.6. The molecule has 0 saturated carbocycles. The zero-order chi connectivity index (χ0) is 15.4. The quantitative estimate of drug-likeness (QED) is 0.548. The van der Waals surface area contributed by atoms with Gasteiger partial charge in [0.15, 0.2) is 0 Å². The molecule has 0 aliphatic carbocycles. The van der Waals surface area contributed by atoms with Gasteiger partial charge in [0.25, 0.3) is 0 Å². The van der Waals surface area contributed by atoms with Crippen molar-refractivity contribution in [1.29, 1.82) is 0 Å². The van der Waals surface area contributed by atoms with Crippen molar-refractivity contribution in [1.82, 2.24) is 0 Å². The third-order valence-electron chi connectivity index (χ3n) is 3.93. The topological polar surface area (TPSA) is 40.1 Å². The second-order valence-corrected chi connectivity index (χ2v) is 5.14. The van der Waals surface area contributed by atoms with Crippen LogP contribution in [0.1, 0.15) is 16.7 Å². The average molecular weight is 420 g/mol. The molecule has 3 aromatic carbocycles. The first-order valence-electron chi connectivity index (χ1n) is 7.14. The van der Waals surface area contributed by atoms with E-state index in [1.54, 1.807) is 0 Å². The Kier molecular flexibility index (Phi) is 6.71. The van der Waals surface area contributed by atoms with E-state index >= 15 is 0 Å². The van der Waals surface area contributed by atoms with Crippen LogP contribution in [0.3, 0.4) is 0 Å². The molecule has 0 aliphatic rings. The van der Waals surface area contributed by atoms with E-state index in [9.17, 15) is 9.90 Å². The predicted octanol–water partition coefficient (Wildman–Crippen LogP) is -0.225. The van der Waals surface area contributed by atoms with Gasteiger partial charge in [-0.15, -0.1) is 0 Å². The number of carbonyl (C=O) groups is 1. The smallest absolute Gasteiger partial charge is 0.548 e. The fraction of sp³-hybridized carbons (Fsp3) is 0.0500. The van der Waals surface area contributed by atoms with Crippen LogP contribution in [0.25, 0.3) is 0 Å². The van der Waals surface area contributed by atoms with Gasteiger partial charge in [0, 0.05) is 0 Å². The summed E-state index contributed by atoms with van der Waals surface area (Å²) >= 11 is 0. The van der Waals surface area contributed by atoms with Crippen LogP contribution in [0, 0.1) is 0 Å². The minimum atomic E-state index is -1.32. The molecule has 0 N–H and O–H groups in total. The molecule has 0 bridgehead atoms. The molecule has 3 heteroatoms. The Balaban J connectivity index is 0.00000192. The first-order chi connectivity index (χ1) is 10.8. The summed E-state index contributed by atoms with van der Waals surface area (Å²) in [5.74, 6) is -1.13. The molecule has 2 nitrogen and oxygen atoms in total. The van der Waals surface area contributed by atoms with E-state index in [4.69, 9.17) is 0 Å². The van der Waals surface area contributed by atoms with Crippen LogP contribution in [0.2, 0.25) is 0 Å². The number of aliphatic carboxylic acids is 1. The van der Waals surface area contributed by atoms with Crippen LogP contribution in [0.5, 0.6) is 0 Å². The molecule has 108 valence electrons. The van der Waals surface area contributed by atoms with Gasteiger partial charge in [-0.25, -0.2) is 0 Å². The largest absolute Gasteiger partial charge is 1.00 e. The van der Waals surface area contributed by atoms with Crippen molar-refractivity contribution in [2.45, 2.75) is 5.41 Å². The zero-order valence-electron chi connectivity index (χ0n) is 13.0. The third kappa shape index (κ3) is 3.50. The monoisotopic (exact) mass is 420 g/mol. The van der Waals surface area contributed by atoms with Crippen LogP contribution >= 0.6 is 0 Å². The summed E-state index contributed by atoms with van der Waals surface area (Å²) in [6.07, 6.45) is 0. The number of hydrogen-bond acceptors (Lipinski definition) is 2. The minimum absolute atomic E-state index is 0. The zero-order valence-corrected chi connectivity index (χ0v) is 19.3. The van der Waals surface area contributed by atoms with Crippen LogP contribution in [-0.4, -0.2) is 5.97 Å². The van der Waals surface area contributed by atoms with Gasteiger partial charge in [-0.3, -0.25) is 0 Å². The molecule has 3 rings (SSSR count). The first-order valence-corrected chi connectivity index (χ1v) is 7.14. The van der Waals surface area contributed by atoms with Gasteiger partial charge in [0.2, 0.25) is 0 Å². The fourth-order valence-corrected chi connectivity index (χ4v) is 2.92. The molecular formula is C20H15CsO2. The number of carboxylic acid groups (broad SMARTS) is 1. The first kappa shape index (κ1) is 18.5.